The van der Waals surface area contributed by atoms with Crippen molar-refractivity contribution in [1.82, 2.24) is 5.32 Å². The van der Waals surface area contributed by atoms with E-state index < -0.39 is 12.1 Å². The zero-order chi connectivity index (χ0) is 23.2. The number of aliphatic hydroxyl groups is 1. The Balaban J connectivity index is 2.73. The first-order chi connectivity index (χ1) is 14.8. The van der Waals surface area contributed by atoms with E-state index in [9.17, 15) is 9.90 Å². The molecule has 4 N–H and O–H groups in total. The lowest BCUT2D eigenvalue weighted by Gasteiger charge is -2.27. The van der Waals surface area contributed by atoms with E-state index in [1.54, 1.807) is 14.2 Å². The molecule has 0 spiro atoms. The Kier molecular flexibility index (Phi) is 13.2. The van der Waals surface area contributed by atoms with Crippen LogP contribution in [0, 0.1) is 11.8 Å². The highest BCUT2D eigenvalue weighted by Gasteiger charge is 2.23. The van der Waals surface area contributed by atoms with Crippen LogP contribution in [0.25, 0.3) is 0 Å². The zero-order valence-electron chi connectivity index (χ0n) is 19.6. The Morgan fingerprint density at radius 1 is 1.13 bits per heavy atom. The molecule has 3 atom stereocenters. The Labute approximate surface area is 186 Å². The van der Waals surface area contributed by atoms with E-state index in [4.69, 9.17) is 24.7 Å². The van der Waals surface area contributed by atoms with Crippen LogP contribution in [-0.2, 0) is 20.7 Å². The SMILES string of the molecule is COCCCOc1cc(CC(CC(N)C(O)CNC(=O)COC)C(C)C)ccc1OC. The van der Waals surface area contributed by atoms with Crippen LogP contribution in [0.5, 0.6) is 11.5 Å². The predicted molar refractivity (Wildman–Crippen MR) is 120 cm³/mol. The van der Waals surface area contributed by atoms with E-state index in [-0.39, 0.29) is 25.0 Å². The van der Waals surface area contributed by atoms with Gasteiger partial charge in [0, 0.05) is 39.8 Å². The maximum absolute atomic E-state index is 11.5. The van der Waals surface area contributed by atoms with E-state index >= 15 is 0 Å². The van der Waals surface area contributed by atoms with E-state index in [0.717, 1.165) is 18.4 Å². The molecule has 1 aromatic rings. The summed E-state index contributed by atoms with van der Waals surface area (Å²) in [5, 5.41) is 13.0. The average molecular weight is 441 g/mol. The highest BCUT2D eigenvalue weighted by atomic mass is 16.5. The van der Waals surface area contributed by atoms with Gasteiger partial charge in [-0.15, -0.1) is 0 Å². The second kappa shape index (κ2) is 15.0. The van der Waals surface area contributed by atoms with Crippen molar-refractivity contribution in [1.29, 1.82) is 0 Å². The van der Waals surface area contributed by atoms with E-state index in [0.29, 0.717) is 37.1 Å². The van der Waals surface area contributed by atoms with Crippen molar-refractivity contribution in [3.63, 3.8) is 0 Å². The minimum Gasteiger partial charge on any atom is -0.493 e. The van der Waals surface area contributed by atoms with Crippen LogP contribution < -0.4 is 20.5 Å². The first kappa shape index (κ1) is 27.2. The Bertz CT molecular complexity index is 640. The van der Waals surface area contributed by atoms with Gasteiger partial charge >= 0.3 is 0 Å². The highest BCUT2D eigenvalue weighted by Crippen LogP contribution is 2.31. The molecular weight excluding hydrogens is 400 g/mol. The summed E-state index contributed by atoms with van der Waals surface area (Å²) in [6.45, 7) is 5.56. The standard InChI is InChI=1S/C23H40N2O6/c1-16(2)18(13-19(24)20(26)14-25-23(27)15-29-4)11-17-7-8-21(30-5)22(12-17)31-10-6-9-28-3/h7-8,12,16,18-20,26H,6,9-11,13-15,24H2,1-5H3,(H,25,27). The fourth-order valence-electron chi connectivity index (χ4n) is 3.30. The monoisotopic (exact) mass is 440 g/mol. The number of hydrogen-bond acceptors (Lipinski definition) is 7. The summed E-state index contributed by atoms with van der Waals surface area (Å²) >= 11 is 0. The Hall–Kier alpha value is -1.87. The van der Waals surface area contributed by atoms with Crippen molar-refractivity contribution in [2.24, 2.45) is 17.6 Å². The van der Waals surface area contributed by atoms with Crippen molar-refractivity contribution >= 4 is 5.91 Å². The third-order valence-corrected chi connectivity index (χ3v) is 5.27. The molecule has 0 bridgehead atoms. The summed E-state index contributed by atoms with van der Waals surface area (Å²) in [5.41, 5.74) is 7.37. The van der Waals surface area contributed by atoms with Crippen LogP contribution in [0.2, 0.25) is 0 Å². The van der Waals surface area contributed by atoms with Gasteiger partial charge in [-0.1, -0.05) is 19.9 Å². The van der Waals surface area contributed by atoms with Crippen molar-refractivity contribution in [2.75, 3.05) is 47.7 Å². The molecule has 0 saturated heterocycles. The fraction of sp³-hybridized carbons (Fsp3) is 0.696. The van der Waals surface area contributed by atoms with Gasteiger partial charge in [0.1, 0.15) is 6.61 Å². The number of carbonyl (C=O) groups is 1. The molecule has 0 aliphatic rings. The van der Waals surface area contributed by atoms with Crippen molar-refractivity contribution in [3.05, 3.63) is 23.8 Å². The molecule has 0 saturated carbocycles. The van der Waals surface area contributed by atoms with Gasteiger partial charge in [-0.2, -0.15) is 0 Å². The minimum atomic E-state index is -0.822. The van der Waals surface area contributed by atoms with Gasteiger partial charge in [-0.05, 0) is 42.4 Å². The number of ether oxygens (including phenoxy) is 4. The maximum atomic E-state index is 11.5. The molecule has 8 heteroatoms. The number of nitrogens with one attached hydrogen (secondary N) is 1. The maximum Gasteiger partial charge on any atom is 0.246 e. The van der Waals surface area contributed by atoms with Gasteiger partial charge in [0.2, 0.25) is 5.91 Å². The van der Waals surface area contributed by atoms with E-state index in [1.165, 1.54) is 7.11 Å². The number of amides is 1. The van der Waals surface area contributed by atoms with Gasteiger partial charge < -0.3 is 35.1 Å². The molecule has 1 amide bonds. The lowest BCUT2D eigenvalue weighted by atomic mass is 9.83. The van der Waals surface area contributed by atoms with E-state index in [1.807, 2.05) is 18.2 Å². The Morgan fingerprint density at radius 3 is 2.48 bits per heavy atom. The molecular formula is C23H40N2O6. The molecule has 1 rings (SSSR count). The fourth-order valence-corrected chi connectivity index (χ4v) is 3.30. The van der Waals surface area contributed by atoms with Gasteiger partial charge in [0.15, 0.2) is 11.5 Å². The lowest BCUT2D eigenvalue weighted by Crippen LogP contribution is -2.45. The average Bonchev–Trinajstić information content (AvgIpc) is 2.74. The number of hydrogen-bond donors (Lipinski definition) is 3. The number of benzene rings is 1. The number of rotatable bonds is 16. The molecule has 178 valence electrons. The second-order valence-corrected chi connectivity index (χ2v) is 8.09. The minimum absolute atomic E-state index is 0.0378. The summed E-state index contributed by atoms with van der Waals surface area (Å²) in [6.07, 6.45) is 1.41. The van der Waals surface area contributed by atoms with Crippen LogP contribution in [0.4, 0.5) is 0 Å². The molecule has 31 heavy (non-hydrogen) atoms. The molecule has 0 aliphatic heterocycles. The van der Waals surface area contributed by atoms with Crippen LogP contribution in [0.3, 0.4) is 0 Å². The van der Waals surface area contributed by atoms with Gasteiger partial charge in [0.05, 0.1) is 19.8 Å². The number of carbonyl (C=O) groups excluding carboxylic acids is 1. The van der Waals surface area contributed by atoms with Crippen molar-refractivity contribution < 1.29 is 28.8 Å². The quantitative estimate of drug-likeness (QED) is 0.336. The number of methoxy groups -OCH3 is 3. The summed E-state index contributed by atoms with van der Waals surface area (Å²) in [7, 11) is 4.74. The summed E-state index contributed by atoms with van der Waals surface area (Å²) in [4.78, 5) is 11.5. The predicted octanol–water partition coefficient (Wildman–Crippen LogP) is 1.77. The molecule has 0 aromatic heterocycles. The molecule has 0 aliphatic carbocycles. The van der Waals surface area contributed by atoms with Crippen LogP contribution in [0.15, 0.2) is 18.2 Å². The van der Waals surface area contributed by atoms with Gasteiger partial charge in [-0.3, -0.25) is 4.79 Å². The highest BCUT2D eigenvalue weighted by molar-refractivity contribution is 5.77. The normalized spacial score (nSPS) is 14.2. The molecule has 0 heterocycles. The first-order valence-corrected chi connectivity index (χ1v) is 10.8. The van der Waals surface area contributed by atoms with Crippen molar-refractivity contribution in [2.45, 2.75) is 45.3 Å². The smallest absolute Gasteiger partial charge is 0.246 e. The summed E-state index contributed by atoms with van der Waals surface area (Å²) in [5.74, 6) is 1.76. The number of nitrogens with two attached hydrogens (primary N) is 1. The third-order valence-electron chi connectivity index (χ3n) is 5.27. The summed E-state index contributed by atoms with van der Waals surface area (Å²) < 4.78 is 21.1. The molecule has 8 nitrogen and oxygen atoms in total. The lowest BCUT2D eigenvalue weighted by molar-refractivity contribution is -0.125. The molecule has 0 radical (unpaired) electrons. The van der Waals surface area contributed by atoms with Gasteiger partial charge in [0.25, 0.3) is 0 Å². The van der Waals surface area contributed by atoms with E-state index in [2.05, 4.69) is 19.2 Å². The topological polar surface area (TPSA) is 112 Å². The zero-order valence-corrected chi connectivity index (χ0v) is 19.6. The first-order valence-electron chi connectivity index (χ1n) is 10.8. The van der Waals surface area contributed by atoms with Gasteiger partial charge in [-0.25, -0.2) is 0 Å². The van der Waals surface area contributed by atoms with Crippen LogP contribution in [0.1, 0.15) is 32.3 Å². The molecule has 0 fully saturated rings. The Morgan fingerprint density at radius 2 is 1.87 bits per heavy atom. The molecule has 1 aromatic carbocycles. The largest absolute Gasteiger partial charge is 0.493 e. The molecule has 3 unspecified atom stereocenters. The second-order valence-electron chi connectivity index (χ2n) is 8.09. The van der Waals surface area contributed by atoms with Crippen molar-refractivity contribution in [3.8, 4) is 11.5 Å². The van der Waals surface area contributed by atoms with Crippen LogP contribution >= 0.6 is 0 Å². The third kappa shape index (κ3) is 10.3. The number of aliphatic hydroxyl groups excluding tert-OH is 1. The summed E-state index contributed by atoms with van der Waals surface area (Å²) in [6, 6.07) is 5.51. The van der Waals surface area contributed by atoms with Crippen LogP contribution in [-0.4, -0.2) is 70.9 Å².